The van der Waals surface area contributed by atoms with Gasteiger partial charge in [0.15, 0.2) is 0 Å². The van der Waals surface area contributed by atoms with E-state index in [9.17, 15) is 24.0 Å². The Morgan fingerprint density at radius 1 is 1.09 bits per heavy atom. The second-order valence-electron chi connectivity index (χ2n) is 8.11. The molecule has 0 spiro atoms. The zero-order valence-electron chi connectivity index (χ0n) is 18.5. The van der Waals surface area contributed by atoms with Crippen molar-refractivity contribution in [2.24, 2.45) is 12.2 Å². The second-order valence-corrected chi connectivity index (χ2v) is 9.46. The number of thiophene rings is 1. The number of carbonyl (C=O) groups is 1. The molecule has 2 aromatic heterocycles. The summed E-state index contributed by atoms with van der Waals surface area (Å²) in [6.07, 6.45) is 1.73. The average molecular weight is 511 g/mol. The lowest BCUT2D eigenvalue weighted by Crippen LogP contribution is -2.16. The van der Waals surface area contributed by atoms with Gasteiger partial charge in [-0.3, -0.25) is 4.79 Å². The average Bonchev–Trinajstić information content (AvgIpc) is 3.34. The number of nitrogens with zero attached hydrogens (tertiary/aromatic N) is 2. The van der Waals surface area contributed by atoms with Crippen LogP contribution in [0.2, 0.25) is 5.02 Å². The molecule has 0 fully saturated rings. The summed E-state index contributed by atoms with van der Waals surface area (Å²) in [5.74, 6) is -2.01. The topological polar surface area (TPSA) is 88.7 Å². The fraction of sp³-hybridized carbons (Fsp3) is 0.154. The number of hydrogen-bond acceptors (Lipinski definition) is 5. The molecule has 0 aliphatic rings. The SMILES string of the molecule is Cn1cc(C(C[C@@H](c2ccc(-c3csc(C(=O)O)c3)cc2)c2ccc(Cl)cc2F)N=O)ccc1=O. The van der Waals surface area contributed by atoms with E-state index in [1.54, 1.807) is 42.9 Å². The summed E-state index contributed by atoms with van der Waals surface area (Å²) in [4.78, 5) is 35.0. The van der Waals surface area contributed by atoms with Gasteiger partial charge in [-0.05, 0) is 63.9 Å². The Morgan fingerprint density at radius 2 is 1.80 bits per heavy atom. The number of benzene rings is 2. The van der Waals surface area contributed by atoms with Crippen LogP contribution in [-0.4, -0.2) is 15.6 Å². The third-order valence-electron chi connectivity index (χ3n) is 5.87. The first kappa shape index (κ1) is 24.5. The second kappa shape index (κ2) is 10.3. The van der Waals surface area contributed by atoms with E-state index in [4.69, 9.17) is 11.6 Å². The summed E-state index contributed by atoms with van der Waals surface area (Å²) in [5.41, 5.74) is 3.04. The van der Waals surface area contributed by atoms with Crippen LogP contribution in [0.25, 0.3) is 11.1 Å². The Balaban J connectivity index is 1.72. The van der Waals surface area contributed by atoms with Crippen LogP contribution in [0.15, 0.2) is 82.2 Å². The lowest BCUT2D eigenvalue weighted by Gasteiger charge is -2.22. The highest BCUT2D eigenvalue weighted by atomic mass is 35.5. The van der Waals surface area contributed by atoms with Crippen molar-refractivity contribution >= 4 is 28.9 Å². The van der Waals surface area contributed by atoms with Gasteiger partial charge in [-0.2, -0.15) is 4.91 Å². The summed E-state index contributed by atoms with van der Waals surface area (Å²) in [6.45, 7) is 0. The highest BCUT2D eigenvalue weighted by Crippen LogP contribution is 2.38. The van der Waals surface area contributed by atoms with Crippen LogP contribution in [0.5, 0.6) is 0 Å². The predicted molar refractivity (Wildman–Crippen MR) is 135 cm³/mol. The maximum atomic E-state index is 15.0. The lowest BCUT2D eigenvalue weighted by molar-refractivity contribution is 0.0702. The summed E-state index contributed by atoms with van der Waals surface area (Å²) in [7, 11) is 1.59. The Kier molecular flexibility index (Phi) is 7.23. The Morgan fingerprint density at radius 3 is 2.40 bits per heavy atom. The monoisotopic (exact) mass is 510 g/mol. The number of carboxylic acids is 1. The largest absolute Gasteiger partial charge is 0.477 e. The van der Waals surface area contributed by atoms with E-state index in [-0.39, 0.29) is 21.9 Å². The first-order valence-electron chi connectivity index (χ1n) is 10.6. The molecule has 0 aliphatic heterocycles. The molecule has 2 aromatic carbocycles. The first-order chi connectivity index (χ1) is 16.8. The fourth-order valence-corrected chi connectivity index (χ4v) is 4.92. The summed E-state index contributed by atoms with van der Waals surface area (Å²) in [5, 5.41) is 14.5. The smallest absolute Gasteiger partial charge is 0.345 e. The molecule has 6 nitrogen and oxygen atoms in total. The van der Waals surface area contributed by atoms with Gasteiger partial charge in [-0.15, -0.1) is 11.3 Å². The molecule has 2 atom stereocenters. The Bertz CT molecular complexity index is 1450. The number of aromatic nitrogens is 1. The zero-order valence-corrected chi connectivity index (χ0v) is 20.1. The van der Waals surface area contributed by atoms with Crippen LogP contribution in [0.3, 0.4) is 0 Å². The number of nitroso groups, excluding NO2 is 1. The van der Waals surface area contributed by atoms with Gasteiger partial charge in [0.2, 0.25) is 5.56 Å². The van der Waals surface area contributed by atoms with Crippen molar-refractivity contribution in [3.05, 3.63) is 120 Å². The first-order valence-corrected chi connectivity index (χ1v) is 11.9. The van der Waals surface area contributed by atoms with Crippen LogP contribution in [0, 0.1) is 10.7 Å². The predicted octanol–water partition coefficient (Wildman–Crippen LogP) is 6.63. The number of hydrogen-bond donors (Lipinski definition) is 1. The number of aromatic carboxylic acids is 1. The highest BCUT2D eigenvalue weighted by Gasteiger charge is 2.25. The van der Waals surface area contributed by atoms with Crippen molar-refractivity contribution in [2.75, 3.05) is 0 Å². The van der Waals surface area contributed by atoms with E-state index < -0.39 is 23.7 Å². The van der Waals surface area contributed by atoms with E-state index in [0.29, 0.717) is 11.1 Å². The van der Waals surface area contributed by atoms with Crippen molar-refractivity contribution in [1.82, 2.24) is 4.57 Å². The van der Waals surface area contributed by atoms with Crippen LogP contribution in [0.1, 0.15) is 44.7 Å². The molecule has 1 N–H and O–H groups in total. The van der Waals surface area contributed by atoms with Gasteiger partial charge < -0.3 is 9.67 Å². The molecule has 2 heterocycles. The number of carboxylic acid groups (broad SMARTS) is 1. The van der Waals surface area contributed by atoms with Crippen LogP contribution in [0.4, 0.5) is 4.39 Å². The molecule has 0 bridgehead atoms. The van der Waals surface area contributed by atoms with Gasteiger partial charge in [0.25, 0.3) is 0 Å². The molecule has 35 heavy (non-hydrogen) atoms. The minimum Gasteiger partial charge on any atom is -0.477 e. The summed E-state index contributed by atoms with van der Waals surface area (Å²) >= 11 is 7.10. The number of aryl methyl sites for hydroxylation is 1. The van der Waals surface area contributed by atoms with Crippen LogP contribution < -0.4 is 5.56 Å². The number of pyridine rings is 1. The van der Waals surface area contributed by atoms with E-state index in [0.717, 1.165) is 28.0 Å². The fourth-order valence-electron chi connectivity index (χ4n) is 4.01. The van der Waals surface area contributed by atoms with E-state index in [2.05, 4.69) is 5.18 Å². The van der Waals surface area contributed by atoms with Crippen molar-refractivity contribution in [3.63, 3.8) is 0 Å². The highest BCUT2D eigenvalue weighted by molar-refractivity contribution is 7.12. The van der Waals surface area contributed by atoms with Gasteiger partial charge in [0.05, 0.1) is 0 Å². The molecular formula is C26H20ClFN2O4S. The van der Waals surface area contributed by atoms with Gasteiger partial charge in [0.1, 0.15) is 16.7 Å². The van der Waals surface area contributed by atoms with Crippen molar-refractivity contribution in [2.45, 2.75) is 18.4 Å². The van der Waals surface area contributed by atoms with Crippen LogP contribution >= 0.6 is 22.9 Å². The number of rotatable bonds is 8. The Hall–Kier alpha value is -3.62. The molecule has 1 unspecified atom stereocenters. The van der Waals surface area contributed by atoms with Gasteiger partial charge in [-0.25, -0.2) is 9.18 Å². The molecule has 4 rings (SSSR count). The van der Waals surface area contributed by atoms with E-state index >= 15 is 0 Å². The summed E-state index contributed by atoms with van der Waals surface area (Å²) < 4.78 is 16.4. The normalized spacial score (nSPS) is 12.8. The minimum atomic E-state index is -0.984. The zero-order chi connectivity index (χ0) is 25.1. The van der Waals surface area contributed by atoms with Gasteiger partial charge >= 0.3 is 5.97 Å². The third-order valence-corrected chi connectivity index (χ3v) is 7.03. The molecule has 9 heteroatoms. The van der Waals surface area contributed by atoms with Crippen LogP contribution in [-0.2, 0) is 7.05 Å². The van der Waals surface area contributed by atoms with Gasteiger partial charge in [-0.1, -0.05) is 47.1 Å². The number of halogens is 2. The Labute approximate surface area is 209 Å². The quantitative estimate of drug-likeness (QED) is 0.269. The molecule has 0 aliphatic carbocycles. The third kappa shape index (κ3) is 5.39. The van der Waals surface area contributed by atoms with Crippen molar-refractivity contribution in [1.29, 1.82) is 0 Å². The van der Waals surface area contributed by atoms with Gasteiger partial charge in [0, 0.05) is 30.3 Å². The standard InChI is InChI=1S/C26H20ClFN2O4S/c1-30-13-17(6-9-25(30)31)23(29-34)12-21(20-8-7-19(27)11-22(20)28)16-4-2-15(3-5-16)18-10-24(26(32)33)35-14-18/h2-11,13-14,21,23H,12H2,1H3,(H,32,33)/t21-,23?/m0/s1. The van der Waals surface area contributed by atoms with E-state index in [1.807, 2.05) is 24.3 Å². The van der Waals surface area contributed by atoms with Crippen molar-refractivity contribution in [3.8, 4) is 11.1 Å². The molecule has 0 amide bonds. The molecule has 4 aromatic rings. The van der Waals surface area contributed by atoms with E-state index in [1.165, 1.54) is 16.7 Å². The molecule has 0 saturated carbocycles. The van der Waals surface area contributed by atoms with Crippen molar-refractivity contribution < 1.29 is 14.3 Å². The molecule has 0 radical (unpaired) electrons. The minimum absolute atomic E-state index is 0.168. The molecule has 178 valence electrons. The maximum Gasteiger partial charge on any atom is 0.345 e. The molecule has 0 saturated heterocycles. The maximum absolute atomic E-state index is 15.0. The molecular weight excluding hydrogens is 491 g/mol. The summed E-state index contributed by atoms with van der Waals surface area (Å²) in [6, 6.07) is 15.4. The lowest BCUT2D eigenvalue weighted by atomic mass is 9.84.